The summed E-state index contributed by atoms with van der Waals surface area (Å²) in [5, 5.41) is 0. The van der Waals surface area contributed by atoms with Crippen LogP contribution in [0.15, 0.2) is 0 Å². The molecule has 200 valence electrons. The number of hydrogen-bond acceptors (Lipinski definition) is 8. The molecule has 0 amide bonds. The molecule has 0 aliphatic carbocycles. The van der Waals surface area contributed by atoms with E-state index in [1.807, 2.05) is 0 Å². The molecule has 0 heterocycles. The van der Waals surface area contributed by atoms with Gasteiger partial charge in [0.15, 0.2) is 0 Å². The summed E-state index contributed by atoms with van der Waals surface area (Å²) in [6.45, 7) is 11.8. The van der Waals surface area contributed by atoms with E-state index >= 15 is 0 Å². The van der Waals surface area contributed by atoms with Gasteiger partial charge in [0.1, 0.15) is 0 Å². The van der Waals surface area contributed by atoms with Gasteiger partial charge in [0.05, 0.1) is 92.5 Å². The smallest absolute Gasteiger partial charge is 0.0701 e. The fourth-order valence-corrected chi connectivity index (χ4v) is 2.73. The average molecular weight is 501 g/mol. The molecule has 33 heavy (non-hydrogen) atoms. The lowest BCUT2D eigenvalue weighted by atomic mass is 10.2. The Labute approximate surface area is 206 Å². The lowest BCUT2D eigenvalue weighted by molar-refractivity contribution is -0.0232. The predicted molar refractivity (Wildman–Crippen MR) is 131 cm³/mol. The molecule has 0 aromatic carbocycles. The van der Waals surface area contributed by atoms with Gasteiger partial charge >= 0.3 is 0 Å². The summed E-state index contributed by atoms with van der Waals surface area (Å²) >= 11 is 5.64. The van der Waals surface area contributed by atoms with Crippen molar-refractivity contribution in [3.05, 3.63) is 0 Å². The van der Waals surface area contributed by atoms with Crippen LogP contribution in [0.1, 0.15) is 45.4 Å². The van der Waals surface area contributed by atoms with Crippen molar-refractivity contribution in [1.29, 1.82) is 0 Å². The first-order valence-corrected chi connectivity index (χ1v) is 13.1. The highest BCUT2D eigenvalue weighted by molar-refractivity contribution is 6.17. The minimum absolute atomic E-state index is 0.546. The number of ether oxygens (including phenoxy) is 8. The average Bonchev–Trinajstić information content (AvgIpc) is 2.83. The van der Waals surface area contributed by atoms with Crippen LogP contribution in [0.5, 0.6) is 0 Å². The molecule has 0 bridgehead atoms. The molecule has 0 fully saturated rings. The standard InChI is InChI=1S/C24H49ClO8/c1-2-3-9-26-11-13-28-15-17-30-19-21-32-23-24-33-22-20-31-18-16-29-14-12-27-10-7-5-4-6-8-25/h2-24H2,1H3. The summed E-state index contributed by atoms with van der Waals surface area (Å²) in [6.07, 6.45) is 6.79. The van der Waals surface area contributed by atoms with Gasteiger partial charge in [-0.2, -0.15) is 0 Å². The first-order chi connectivity index (χ1) is 16.4. The molecule has 0 N–H and O–H groups in total. The Kier molecular flexibility index (Phi) is 31.9. The van der Waals surface area contributed by atoms with Gasteiger partial charge in [-0.3, -0.25) is 0 Å². The van der Waals surface area contributed by atoms with E-state index < -0.39 is 0 Å². The number of alkyl halides is 1. The Morgan fingerprint density at radius 1 is 0.333 bits per heavy atom. The predicted octanol–water partition coefficient (Wildman–Crippen LogP) is 3.72. The van der Waals surface area contributed by atoms with Crippen LogP contribution in [0, 0.1) is 0 Å². The molecule has 0 saturated carbocycles. The second-order valence-corrected chi connectivity index (χ2v) is 7.73. The van der Waals surface area contributed by atoms with Crippen molar-refractivity contribution in [3.8, 4) is 0 Å². The van der Waals surface area contributed by atoms with E-state index in [-0.39, 0.29) is 0 Å². The number of rotatable bonds is 30. The summed E-state index contributed by atoms with van der Waals surface area (Å²) in [6, 6.07) is 0. The third-order valence-corrected chi connectivity index (χ3v) is 4.69. The summed E-state index contributed by atoms with van der Waals surface area (Å²) in [5.74, 6) is 0.751. The van der Waals surface area contributed by atoms with Gasteiger partial charge in [-0.25, -0.2) is 0 Å². The van der Waals surface area contributed by atoms with Gasteiger partial charge in [-0.05, 0) is 19.3 Å². The number of halogens is 1. The van der Waals surface area contributed by atoms with Crippen molar-refractivity contribution < 1.29 is 37.9 Å². The number of hydrogen-bond donors (Lipinski definition) is 0. The summed E-state index contributed by atoms with van der Waals surface area (Å²) < 4.78 is 43.6. The third-order valence-electron chi connectivity index (χ3n) is 4.42. The molecule has 0 rings (SSSR count). The fourth-order valence-electron chi connectivity index (χ4n) is 2.54. The monoisotopic (exact) mass is 500 g/mol. The molecular formula is C24H49ClO8. The maximum Gasteiger partial charge on any atom is 0.0701 e. The second kappa shape index (κ2) is 32.0. The SMILES string of the molecule is CCCCOCCOCCOCCOCCOCCOCCOCCOCCCCCCCl. The maximum atomic E-state index is 5.64. The van der Waals surface area contributed by atoms with Gasteiger partial charge in [0, 0.05) is 19.1 Å². The highest BCUT2D eigenvalue weighted by Crippen LogP contribution is 2.01. The lowest BCUT2D eigenvalue weighted by Gasteiger charge is -2.08. The zero-order valence-corrected chi connectivity index (χ0v) is 21.7. The Hall–Kier alpha value is -0.0300. The summed E-state index contributed by atoms with van der Waals surface area (Å²) in [4.78, 5) is 0. The minimum atomic E-state index is 0.546. The lowest BCUT2D eigenvalue weighted by Crippen LogP contribution is -2.15. The Morgan fingerprint density at radius 3 is 0.909 bits per heavy atom. The molecule has 0 aliphatic rings. The molecule has 0 saturated heterocycles. The molecule has 0 spiro atoms. The summed E-state index contributed by atoms with van der Waals surface area (Å²) in [5.41, 5.74) is 0. The molecule has 0 radical (unpaired) electrons. The van der Waals surface area contributed by atoms with Crippen molar-refractivity contribution >= 4 is 11.6 Å². The van der Waals surface area contributed by atoms with E-state index in [9.17, 15) is 0 Å². The largest absolute Gasteiger partial charge is 0.379 e. The van der Waals surface area contributed by atoms with Crippen molar-refractivity contribution in [3.63, 3.8) is 0 Å². The molecule has 9 heteroatoms. The third kappa shape index (κ3) is 32.0. The first kappa shape index (κ1) is 33.0. The van der Waals surface area contributed by atoms with Crippen molar-refractivity contribution in [2.24, 2.45) is 0 Å². The first-order valence-electron chi connectivity index (χ1n) is 12.6. The van der Waals surface area contributed by atoms with Gasteiger partial charge < -0.3 is 37.9 Å². The Bertz CT molecular complexity index is 310. The highest BCUT2D eigenvalue weighted by atomic mass is 35.5. The van der Waals surface area contributed by atoms with Gasteiger partial charge in [-0.1, -0.05) is 26.2 Å². The zero-order valence-electron chi connectivity index (χ0n) is 20.9. The Morgan fingerprint density at radius 2 is 0.606 bits per heavy atom. The maximum absolute atomic E-state index is 5.64. The molecule has 0 unspecified atom stereocenters. The van der Waals surface area contributed by atoms with Gasteiger partial charge in [-0.15, -0.1) is 11.6 Å². The van der Waals surface area contributed by atoms with Crippen LogP contribution < -0.4 is 0 Å². The number of unbranched alkanes of at least 4 members (excludes halogenated alkanes) is 4. The van der Waals surface area contributed by atoms with Crippen LogP contribution in [0.3, 0.4) is 0 Å². The topological polar surface area (TPSA) is 73.8 Å². The van der Waals surface area contributed by atoms with Crippen molar-refractivity contribution in [2.75, 3.05) is 112 Å². The minimum Gasteiger partial charge on any atom is -0.379 e. The van der Waals surface area contributed by atoms with Crippen LogP contribution in [-0.4, -0.2) is 112 Å². The van der Waals surface area contributed by atoms with Crippen LogP contribution in [0.2, 0.25) is 0 Å². The molecule has 0 aromatic rings. The molecule has 0 aliphatic heterocycles. The van der Waals surface area contributed by atoms with Crippen molar-refractivity contribution in [2.45, 2.75) is 45.4 Å². The van der Waals surface area contributed by atoms with Crippen LogP contribution in [-0.2, 0) is 37.9 Å². The van der Waals surface area contributed by atoms with E-state index in [2.05, 4.69) is 6.92 Å². The second-order valence-electron chi connectivity index (χ2n) is 7.36. The van der Waals surface area contributed by atoms with Gasteiger partial charge in [0.25, 0.3) is 0 Å². The van der Waals surface area contributed by atoms with E-state index in [0.717, 1.165) is 44.8 Å². The van der Waals surface area contributed by atoms with Crippen LogP contribution in [0.25, 0.3) is 0 Å². The normalized spacial score (nSPS) is 11.5. The zero-order chi connectivity index (χ0) is 23.9. The van der Waals surface area contributed by atoms with E-state index in [0.29, 0.717) is 92.5 Å². The quantitative estimate of drug-likeness (QED) is 0.109. The summed E-state index contributed by atoms with van der Waals surface area (Å²) in [7, 11) is 0. The Balaban J connectivity index is 2.99. The van der Waals surface area contributed by atoms with Crippen LogP contribution in [0.4, 0.5) is 0 Å². The molecular weight excluding hydrogens is 452 g/mol. The molecule has 0 aromatic heterocycles. The molecule has 0 atom stereocenters. The van der Waals surface area contributed by atoms with E-state index in [4.69, 9.17) is 49.5 Å². The van der Waals surface area contributed by atoms with E-state index in [1.54, 1.807) is 0 Å². The molecule has 8 nitrogen and oxygen atoms in total. The highest BCUT2D eigenvalue weighted by Gasteiger charge is 1.95. The van der Waals surface area contributed by atoms with E-state index in [1.165, 1.54) is 12.8 Å². The van der Waals surface area contributed by atoms with Crippen molar-refractivity contribution in [1.82, 2.24) is 0 Å². The van der Waals surface area contributed by atoms with Gasteiger partial charge in [0.2, 0.25) is 0 Å². The van der Waals surface area contributed by atoms with Crippen LogP contribution >= 0.6 is 11.6 Å². The fraction of sp³-hybridized carbons (Fsp3) is 1.00.